The molecule has 1 aromatic carbocycles. The maximum Gasteiger partial charge on any atom is 0.223 e. The molecule has 22 heavy (non-hydrogen) atoms. The van der Waals surface area contributed by atoms with Crippen molar-refractivity contribution in [3.8, 4) is 0 Å². The number of nitrogens with zero attached hydrogens (tertiary/aromatic N) is 1. The van der Waals surface area contributed by atoms with Crippen molar-refractivity contribution in [1.82, 2.24) is 10.2 Å². The van der Waals surface area contributed by atoms with Gasteiger partial charge in [-0.25, -0.2) is 0 Å². The third kappa shape index (κ3) is 3.87. The molecule has 120 valence electrons. The molecule has 1 fully saturated rings. The predicted molar refractivity (Wildman–Crippen MR) is 87.5 cm³/mol. The fourth-order valence-corrected chi connectivity index (χ4v) is 3.09. The highest BCUT2D eigenvalue weighted by Gasteiger charge is 2.27. The van der Waals surface area contributed by atoms with E-state index < -0.39 is 0 Å². The van der Waals surface area contributed by atoms with E-state index in [-0.39, 0.29) is 23.8 Å². The Kier molecular flexibility index (Phi) is 5.22. The topological polar surface area (TPSA) is 49.4 Å². The highest BCUT2D eigenvalue weighted by atomic mass is 16.2. The second kappa shape index (κ2) is 6.95. The summed E-state index contributed by atoms with van der Waals surface area (Å²) in [6.07, 6.45) is 1.51. The second-order valence-electron chi connectivity index (χ2n) is 6.37. The number of carbonyl (C=O) groups excluding carboxylic acids is 2. The average Bonchev–Trinajstić information content (AvgIpc) is 2.49. The van der Waals surface area contributed by atoms with Crippen molar-refractivity contribution in [2.45, 2.75) is 46.6 Å². The molecule has 1 aliphatic rings. The number of hydrogen-bond donors (Lipinski definition) is 1. The number of likely N-dealkylation sites (tertiary alicyclic amines) is 1. The molecule has 1 heterocycles. The Balaban J connectivity index is 1.94. The van der Waals surface area contributed by atoms with Gasteiger partial charge in [0.05, 0.1) is 6.04 Å². The van der Waals surface area contributed by atoms with Crippen molar-refractivity contribution in [3.05, 3.63) is 34.9 Å². The van der Waals surface area contributed by atoms with Crippen LogP contribution in [0.25, 0.3) is 0 Å². The van der Waals surface area contributed by atoms with Crippen molar-refractivity contribution < 1.29 is 9.59 Å². The molecule has 0 spiro atoms. The molecule has 0 saturated carbocycles. The number of hydrogen-bond acceptors (Lipinski definition) is 2. The van der Waals surface area contributed by atoms with Crippen molar-refractivity contribution in [1.29, 1.82) is 0 Å². The number of rotatable bonds is 3. The van der Waals surface area contributed by atoms with Gasteiger partial charge in [-0.15, -0.1) is 0 Å². The third-order valence-corrected chi connectivity index (χ3v) is 4.57. The molecule has 0 bridgehead atoms. The van der Waals surface area contributed by atoms with Gasteiger partial charge in [-0.3, -0.25) is 9.59 Å². The van der Waals surface area contributed by atoms with Crippen LogP contribution >= 0.6 is 0 Å². The molecule has 1 N–H and O–H groups in total. The lowest BCUT2D eigenvalue weighted by atomic mass is 9.94. The fourth-order valence-electron chi connectivity index (χ4n) is 3.09. The largest absolute Gasteiger partial charge is 0.349 e. The van der Waals surface area contributed by atoms with Crippen LogP contribution in [0, 0.1) is 19.8 Å². The van der Waals surface area contributed by atoms with Crippen LogP contribution in [0.4, 0.5) is 0 Å². The zero-order valence-electron chi connectivity index (χ0n) is 14.0. The minimum atomic E-state index is 0.0123. The van der Waals surface area contributed by atoms with Gasteiger partial charge in [-0.05, 0) is 44.7 Å². The van der Waals surface area contributed by atoms with Crippen LogP contribution in [0.1, 0.15) is 49.4 Å². The first kappa shape index (κ1) is 16.5. The zero-order valence-corrected chi connectivity index (χ0v) is 14.0. The Morgan fingerprint density at radius 2 is 1.86 bits per heavy atom. The maximum absolute atomic E-state index is 12.4. The van der Waals surface area contributed by atoms with E-state index in [0.29, 0.717) is 13.1 Å². The summed E-state index contributed by atoms with van der Waals surface area (Å²) >= 11 is 0. The number of carbonyl (C=O) groups is 2. The smallest absolute Gasteiger partial charge is 0.223 e. The molecule has 1 aliphatic heterocycles. The predicted octanol–water partition coefficient (Wildman–Crippen LogP) is 2.74. The summed E-state index contributed by atoms with van der Waals surface area (Å²) in [7, 11) is 0. The molecule has 0 radical (unpaired) electrons. The Labute approximate surface area is 132 Å². The van der Waals surface area contributed by atoms with E-state index in [1.807, 2.05) is 11.8 Å². The number of aryl methyl sites for hydroxylation is 2. The summed E-state index contributed by atoms with van der Waals surface area (Å²) in [6.45, 7) is 9.13. The molecule has 0 aliphatic carbocycles. The van der Waals surface area contributed by atoms with Crippen LogP contribution in [0.2, 0.25) is 0 Å². The number of piperidine rings is 1. The van der Waals surface area contributed by atoms with Crippen molar-refractivity contribution in [2.24, 2.45) is 5.92 Å². The van der Waals surface area contributed by atoms with Gasteiger partial charge in [0.2, 0.25) is 11.8 Å². The molecule has 4 heteroatoms. The standard InChI is InChI=1S/C18H26N2O2/c1-12-5-6-13(2)17(11-12)14(3)19-18(22)16-7-9-20(10-8-16)15(4)21/h5-6,11,14,16H,7-10H2,1-4H3,(H,19,22). The molecular weight excluding hydrogens is 276 g/mol. The highest BCUT2D eigenvalue weighted by Crippen LogP contribution is 2.22. The van der Waals surface area contributed by atoms with Gasteiger partial charge in [0.15, 0.2) is 0 Å². The molecule has 1 saturated heterocycles. The van der Waals surface area contributed by atoms with Gasteiger partial charge >= 0.3 is 0 Å². The van der Waals surface area contributed by atoms with Crippen LogP contribution in [-0.2, 0) is 9.59 Å². The second-order valence-corrected chi connectivity index (χ2v) is 6.37. The van der Waals surface area contributed by atoms with E-state index in [0.717, 1.165) is 12.8 Å². The normalized spacial score (nSPS) is 17.2. The molecule has 4 nitrogen and oxygen atoms in total. The SMILES string of the molecule is CC(=O)N1CCC(C(=O)NC(C)c2cc(C)ccc2C)CC1. The number of nitrogens with one attached hydrogen (secondary N) is 1. The molecule has 2 amide bonds. The van der Waals surface area contributed by atoms with Gasteiger partial charge in [-0.1, -0.05) is 23.8 Å². The van der Waals surface area contributed by atoms with E-state index in [1.54, 1.807) is 6.92 Å². The highest BCUT2D eigenvalue weighted by molar-refractivity contribution is 5.80. The lowest BCUT2D eigenvalue weighted by Crippen LogP contribution is -2.42. The first-order chi connectivity index (χ1) is 10.4. The Hall–Kier alpha value is -1.84. The fraction of sp³-hybridized carbons (Fsp3) is 0.556. The molecule has 1 unspecified atom stereocenters. The first-order valence-electron chi connectivity index (χ1n) is 8.01. The molecule has 1 aromatic rings. The van der Waals surface area contributed by atoms with Gasteiger partial charge in [0.25, 0.3) is 0 Å². The van der Waals surface area contributed by atoms with E-state index in [4.69, 9.17) is 0 Å². The Morgan fingerprint density at radius 1 is 1.23 bits per heavy atom. The number of benzene rings is 1. The lowest BCUT2D eigenvalue weighted by Gasteiger charge is -2.31. The molecule has 1 atom stereocenters. The van der Waals surface area contributed by atoms with E-state index in [1.165, 1.54) is 16.7 Å². The van der Waals surface area contributed by atoms with Gasteiger partial charge in [-0.2, -0.15) is 0 Å². The van der Waals surface area contributed by atoms with Crippen molar-refractivity contribution in [3.63, 3.8) is 0 Å². The third-order valence-electron chi connectivity index (χ3n) is 4.57. The first-order valence-corrected chi connectivity index (χ1v) is 8.01. The Morgan fingerprint density at radius 3 is 2.45 bits per heavy atom. The summed E-state index contributed by atoms with van der Waals surface area (Å²) in [5.41, 5.74) is 3.58. The zero-order chi connectivity index (χ0) is 16.3. The van der Waals surface area contributed by atoms with E-state index >= 15 is 0 Å². The minimum Gasteiger partial charge on any atom is -0.349 e. The van der Waals surface area contributed by atoms with Crippen LogP contribution in [0.15, 0.2) is 18.2 Å². The number of amides is 2. The van der Waals surface area contributed by atoms with Crippen molar-refractivity contribution in [2.75, 3.05) is 13.1 Å². The quantitative estimate of drug-likeness (QED) is 0.933. The van der Waals surface area contributed by atoms with Gasteiger partial charge in [0, 0.05) is 25.9 Å². The minimum absolute atomic E-state index is 0.0123. The van der Waals surface area contributed by atoms with Crippen LogP contribution in [0.3, 0.4) is 0 Å². The summed E-state index contributed by atoms with van der Waals surface area (Å²) in [5, 5.41) is 3.14. The summed E-state index contributed by atoms with van der Waals surface area (Å²) < 4.78 is 0. The van der Waals surface area contributed by atoms with Crippen LogP contribution < -0.4 is 5.32 Å². The molecular formula is C18H26N2O2. The Bertz CT molecular complexity index is 560. The lowest BCUT2D eigenvalue weighted by molar-refractivity contribution is -0.134. The van der Waals surface area contributed by atoms with Crippen molar-refractivity contribution >= 4 is 11.8 Å². The van der Waals surface area contributed by atoms with Crippen LogP contribution in [-0.4, -0.2) is 29.8 Å². The summed E-state index contributed by atoms with van der Waals surface area (Å²) in [6, 6.07) is 6.33. The molecule has 2 rings (SSSR count). The van der Waals surface area contributed by atoms with Crippen LogP contribution in [0.5, 0.6) is 0 Å². The summed E-state index contributed by atoms with van der Waals surface area (Å²) in [5.74, 6) is 0.224. The average molecular weight is 302 g/mol. The maximum atomic E-state index is 12.4. The van der Waals surface area contributed by atoms with E-state index in [2.05, 4.69) is 37.4 Å². The molecule has 0 aromatic heterocycles. The van der Waals surface area contributed by atoms with Gasteiger partial charge < -0.3 is 10.2 Å². The van der Waals surface area contributed by atoms with E-state index in [9.17, 15) is 9.59 Å². The monoisotopic (exact) mass is 302 g/mol. The van der Waals surface area contributed by atoms with Gasteiger partial charge in [0.1, 0.15) is 0 Å². The summed E-state index contributed by atoms with van der Waals surface area (Å²) in [4.78, 5) is 25.6.